The van der Waals surface area contributed by atoms with Gasteiger partial charge in [0.05, 0.1) is 12.1 Å². The second kappa shape index (κ2) is 8.59. The van der Waals surface area contributed by atoms with E-state index in [-0.39, 0.29) is 23.9 Å². The first-order chi connectivity index (χ1) is 12.9. The van der Waals surface area contributed by atoms with Crippen LogP contribution in [-0.4, -0.2) is 46.7 Å². The molecule has 1 aliphatic carbocycles. The number of hydrogen-bond donors (Lipinski definition) is 3. The molecule has 3 aliphatic rings. The van der Waals surface area contributed by atoms with Crippen LogP contribution in [0.2, 0.25) is 0 Å². The van der Waals surface area contributed by atoms with Gasteiger partial charge >= 0.3 is 8.03 Å². The number of fused-ring (bicyclic) bond motifs is 2. The quantitative estimate of drug-likeness (QED) is 0.625. The zero-order valence-corrected chi connectivity index (χ0v) is 17.6. The predicted molar refractivity (Wildman–Crippen MR) is 107 cm³/mol. The summed E-state index contributed by atoms with van der Waals surface area (Å²) in [5.41, 5.74) is 0.734. The first kappa shape index (κ1) is 20.8. The summed E-state index contributed by atoms with van der Waals surface area (Å²) in [6, 6.07) is -0.255. The summed E-state index contributed by atoms with van der Waals surface area (Å²) in [5.74, 6) is 0.781. The lowest BCUT2D eigenvalue weighted by Crippen LogP contribution is -2.49. The van der Waals surface area contributed by atoms with Gasteiger partial charge in [-0.05, 0) is 36.8 Å². The number of nitrogens with zero attached hydrogens (tertiary/aromatic N) is 1. The van der Waals surface area contributed by atoms with E-state index in [1.165, 1.54) is 6.42 Å². The van der Waals surface area contributed by atoms with Gasteiger partial charge in [0, 0.05) is 24.6 Å². The molecule has 2 aliphatic heterocycles. The third-order valence-electron chi connectivity index (χ3n) is 6.68. The molecule has 0 aromatic carbocycles. The lowest BCUT2D eigenvalue weighted by molar-refractivity contribution is -0.134. The maximum Gasteiger partial charge on any atom is 0.534 e. The monoisotopic (exact) mass is 396 g/mol. The summed E-state index contributed by atoms with van der Waals surface area (Å²) >= 11 is 0. The van der Waals surface area contributed by atoms with Gasteiger partial charge in [0.2, 0.25) is 5.91 Å². The maximum absolute atomic E-state index is 13.2. The molecule has 2 heterocycles. The topological polar surface area (TPSA) is 81.7 Å². The molecular formula is C20H35N3O3P+. The smallest absolute Gasteiger partial charge is 0.339 e. The SMILES string of the molecule is C=C1NC2([P+](=O)O)CC2CCCCCCCC(NC)C(=O)N2CC(C)CC12. The van der Waals surface area contributed by atoms with Crippen molar-refractivity contribution >= 4 is 13.9 Å². The molecule has 7 heteroatoms. The van der Waals surface area contributed by atoms with Gasteiger partial charge in [-0.2, -0.15) is 4.89 Å². The Balaban J connectivity index is 1.81. The minimum atomic E-state index is -2.32. The van der Waals surface area contributed by atoms with Crippen LogP contribution in [-0.2, 0) is 9.36 Å². The number of rotatable bonds is 2. The van der Waals surface area contributed by atoms with Gasteiger partial charge in [-0.15, -0.1) is 0 Å². The van der Waals surface area contributed by atoms with E-state index in [2.05, 4.69) is 24.1 Å². The fourth-order valence-electron chi connectivity index (χ4n) is 4.93. The van der Waals surface area contributed by atoms with Gasteiger partial charge < -0.3 is 15.5 Å². The van der Waals surface area contributed by atoms with Crippen LogP contribution in [0.1, 0.15) is 64.7 Å². The molecule has 0 aromatic rings. The molecule has 152 valence electrons. The molecule has 27 heavy (non-hydrogen) atoms. The fourth-order valence-corrected chi connectivity index (χ4v) is 5.99. The Morgan fingerprint density at radius 3 is 2.59 bits per heavy atom. The van der Waals surface area contributed by atoms with Crippen molar-refractivity contribution < 1.29 is 14.3 Å². The molecule has 2 saturated heterocycles. The van der Waals surface area contributed by atoms with Crippen molar-refractivity contribution in [1.29, 1.82) is 0 Å². The van der Waals surface area contributed by atoms with Gasteiger partial charge in [0.15, 0.2) is 0 Å². The minimum absolute atomic E-state index is 0.0958. The van der Waals surface area contributed by atoms with E-state index in [1.807, 2.05) is 11.9 Å². The van der Waals surface area contributed by atoms with Gasteiger partial charge in [-0.25, -0.2) is 0 Å². The van der Waals surface area contributed by atoms with Crippen molar-refractivity contribution in [2.75, 3.05) is 13.6 Å². The van der Waals surface area contributed by atoms with E-state index < -0.39 is 13.3 Å². The first-order valence-corrected chi connectivity index (χ1v) is 11.7. The highest BCUT2D eigenvalue weighted by Crippen LogP contribution is 2.60. The fraction of sp³-hybridized carbons (Fsp3) is 0.850. The number of hydrogen-bond acceptors (Lipinski definition) is 4. The Hall–Kier alpha value is -0.970. The van der Waals surface area contributed by atoms with Crippen molar-refractivity contribution in [3.05, 3.63) is 12.3 Å². The Labute approximate surface area is 164 Å². The highest BCUT2D eigenvalue weighted by Gasteiger charge is 2.70. The van der Waals surface area contributed by atoms with Crippen LogP contribution < -0.4 is 10.6 Å². The summed E-state index contributed by atoms with van der Waals surface area (Å²) in [6.45, 7) is 7.09. The van der Waals surface area contributed by atoms with Crippen molar-refractivity contribution in [1.82, 2.24) is 15.5 Å². The molecule has 3 N–H and O–H groups in total. The first-order valence-electron chi connectivity index (χ1n) is 10.5. The second-order valence-corrected chi connectivity index (χ2v) is 10.1. The minimum Gasteiger partial charge on any atom is -0.339 e. The molecule has 0 aromatic heterocycles. The molecule has 3 fully saturated rings. The third-order valence-corrected chi connectivity index (χ3v) is 8.02. The van der Waals surface area contributed by atoms with Crippen LogP contribution in [0.4, 0.5) is 0 Å². The molecule has 0 radical (unpaired) electrons. The molecule has 1 saturated carbocycles. The van der Waals surface area contributed by atoms with Gasteiger partial charge in [-0.1, -0.05) is 45.6 Å². The van der Waals surface area contributed by atoms with Crippen LogP contribution >= 0.6 is 8.03 Å². The van der Waals surface area contributed by atoms with Crippen LogP contribution in [0.3, 0.4) is 0 Å². The van der Waals surface area contributed by atoms with Crippen LogP contribution in [0.25, 0.3) is 0 Å². The lowest BCUT2D eigenvalue weighted by Gasteiger charge is -2.30. The molecule has 0 bridgehead atoms. The highest BCUT2D eigenvalue weighted by atomic mass is 31.1. The second-order valence-electron chi connectivity index (χ2n) is 8.78. The van der Waals surface area contributed by atoms with Gasteiger partial charge in [0.1, 0.15) is 0 Å². The summed E-state index contributed by atoms with van der Waals surface area (Å²) in [4.78, 5) is 25.1. The van der Waals surface area contributed by atoms with Gasteiger partial charge in [-0.3, -0.25) is 4.79 Å². The molecule has 6 unspecified atom stereocenters. The van der Waals surface area contributed by atoms with Crippen LogP contribution in [0, 0.1) is 11.8 Å². The summed E-state index contributed by atoms with van der Waals surface area (Å²) in [6.07, 6.45) is 9.06. The normalized spacial score (nSPS) is 38.9. The Bertz CT molecular complexity index is 599. The molecule has 0 spiro atoms. The zero-order chi connectivity index (χ0) is 19.6. The standard InChI is InChI=1S/C20H34N3O3P/c1-14-11-18-15(2)22-20(27(25)26)12-16(20)9-7-5-4-6-8-10-17(21-3)19(24)23(18)13-14/h14,16-18,21-22H,2,4-13H2,1,3H3/p+1. The molecule has 6 nitrogen and oxygen atoms in total. The number of nitrogens with one attached hydrogen (secondary N) is 2. The maximum atomic E-state index is 13.2. The Morgan fingerprint density at radius 1 is 1.26 bits per heavy atom. The van der Waals surface area contributed by atoms with Crippen molar-refractivity contribution in [3.63, 3.8) is 0 Å². The van der Waals surface area contributed by atoms with E-state index in [4.69, 9.17) is 0 Å². The van der Waals surface area contributed by atoms with E-state index in [1.54, 1.807) is 0 Å². The van der Waals surface area contributed by atoms with Crippen LogP contribution in [0.15, 0.2) is 12.3 Å². The van der Waals surface area contributed by atoms with Crippen molar-refractivity contribution in [3.8, 4) is 0 Å². The number of carbonyl (C=O) groups is 1. The number of carbonyl (C=O) groups excluding carboxylic acids is 1. The largest absolute Gasteiger partial charge is 0.534 e. The lowest BCUT2D eigenvalue weighted by atomic mass is 10.0. The number of likely N-dealkylation sites (N-methyl/N-ethyl adjacent to an activating group) is 1. The van der Waals surface area contributed by atoms with Crippen LogP contribution in [0.5, 0.6) is 0 Å². The Morgan fingerprint density at radius 2 is 1.93 bits per heavy atom. The summed E-state index contributed by atoms with van der Waals surface area (Å²) in [5, 5.41) is 5.82. The van der Waals surface area contributed by atoms with Crippen molar-refractivity contribution in [2.45, 2.75) is 82.1 Å². The average Bonchev–Trinajstić information content (AvgIpc) is 3.18. The molecule has 1 amide bonds. The Kier molecular flexibility index (Phi) is 6.60. The van der Waals surface area contributed by atoms with E-state index in [9.17, 15) is 14.3 Å². The summed E-state index contributed by atoms with van der Waals surface area (Å²) in [7, 11) is -0.465. The summed E-state index contributed by atoms with van der Waals surface area (Å²) < 4.78 is 12.1. The van der Waals surface area contributed by atoms with E-state index in [0.29, 0.717) is 5.92 Å². The zero-order valence-electron chi connectivity index (χ0n) is 16.7. The van der Waals surface area contributed by atoms with Crippen molar-refractivity contribution in [2.24, 2.45) is 11.8 Å². The molecular weight excluding hydrogens is 361 g/mol. The predicted octanol–water partition coefficient (Wildman–Crippen LogP) is 3.11. The van der Waals surface area contributed by atoms with E-state index in [0.717, 1.165) is 63.6 Å². The average molecular weight is 396 g/mol. The van der Waals surface area contributed by atoms with Gasteiger partial charge in [0.25, 0.3) is 5.28 Å². The molecule has 6 atom stereocenters. The third kappa shape index (κ3) is 4.38. The molecule has 3 rings (SSSR count). The highest BCUT2D eigenvalue weighted by molar-refractivity contribution is 7.40. The van der Waals surface area contributed by atoms with E-state index >= 15 is 0 Å². The number of amides is 1.